The molecule has 0 unspecified atom stereocenters. The van der Waals surface area contributed by atoms with E-state index in [0.717, 1.165) is 5.56 Å². The van der Waals surface area contributed by atoms with Crippen molar-refractivity contribution >= 4 is 57.1 Å². The number of furan rings is 1. The summed E-state index contributed by atoms with van der Waals surface area (Å²) in [7, 11) is 0. The van der Waals surface area contributed by atoms with E-state index in [0.29, 0.717) is 43.4 Å². The molecule has 8 heteroatoms. The Kier molecular flexibility index (Phi) is 5.92. The van der Waals surface area contributed by atoms with Gasteiger partial charge in [0, 0.05) is 16.3 Å². The van der Waals surface area contributed by atoms with Gasteiger partial charge in [-0.15, -0.1) is 0 Å². The Morgan fingerprint density at radius 3 is 2.26 bits per heavy atom. The number of nitrogens with zero attached hydrogens (tertiary/aromatic N) is 2. The van der Waals surface area contributed by atoms with Crippen molar-refractivity contribution in [1.29, 1.82) is 0 Å². The molecule has 34 heavy (non-hydrogen) atoms. The zero-order chi connectivity index (χ0) is 23.7. The minimum Gasteiger partial charge on any atom is -0.455 e. The van der Waals surface area contributed by atoms with Crippen LogP contribution in [0.1, 0.15) is 5.76 Å². The van der Waals surface area contributed by atoms with Gasteiger partial charge in [0.25, 0.3) is 5.91 Å². The van der Waals surface area contributed by atoms with Crippen molar-refractivity contribution < 1.29 is 9.21 Å². The fourth-order valence-electron chi connectivity index (χ4n) is 3.82. The Hall–Kier alpha value is -3.87. The Labute approximate surface area is 204 Å². The van der Waals surface area contributed by atoms with Gasteiger partial charge < -0.3 is 8.98 Å². The molecule has 0 spiro atoms. The number of para-hydroxylation sites is 2. The summed E-state index contributed by atoms with van der Waals surface area (Å²) in [5.74, 6) is 0.713. The lowest BCUT2D eigenvalue weighted by atomic mass is 10.1. The van der Waals surface area contributed by atoms with E-state index in [9.17, 15) is 9.59 Å². The van der Waals surface area contributed by atoms with Gasteiger partial charge >= 0.3 is 0 Å². The summed E-state index contributed by atoms with van der Waals surface area (Å²) in [5.41, 5.74) is 4.60. The van der Waals surface area contributed by atoms with E-state index >= 15 is 0 Å². The molecule has 5 aromatic rings. The Balaban J connectivity index is 1.35. The molecule has 0 fully saturated rings. The molecular formula is C26H17Cl2N3O3. The summed E-state index contributed by atoms with van der Waals surface area (Å²) >= 11 is 12.0. The predicted molar refractivity (Wildman–Crippen MR) is 136 cm³/mol. The van der Waals surface area contributed by atoms with Crippen molar-refractivity contribution in [2.75, 3.05) is 0 Å². The molecule has 1 N–H and O–H groups in total. The molecular weight excluding hydrogens is 473 g/mol. The van der Waals surface area contributed by atoms with Crippen LogP contribution in [0.5, 0.6) is 0 Å². The molecule has 0 bridgehead atoms. The highest BCUT2D eigenvalue weighted by molar-refractivity contribution is 6.42. The normalized spacial score (nSPS) is 11.5. The lowest BCUT2D eigenvalue weighted by Gasteiger charge is -2.14. The van der Waals surface area contributed by atoms with Crippen LogP contribution in [0.3, 0.4) is 0 Å². The summed E-state index contributed by atoms with van der Waals surface area (Å²) in [6.07, 6.45) is 1.42. The van der Waals surface area contributed by atoms with Crippen LogP contribution >= 0.6 is 23.2 Å². The fourth-order valence-corrected chi connectivity index (χ4v) is 4.12. The van der Waals surface area contributed by atoms with Gasteiger partial charge in [-0.1, -0.05) is 47.5 Å². The van der Waals surface area contributed by atoms with Crippen molar-refractivity contribution in [3.8, 4) is 11.3 Å². The second-order valence-corrected chi connectivity index (χ2v) is 8.39. The first kappa shape index (κ1) is 21.9. The quantitative estimate of drug-likeness (QED) is 0.190. The highest BCUT2D eigenvalue weighted by Crippen LogP contribution is 2.29. The molecule has 6 nitrogen and oxygen atoms in total. The molecule has 5 rings (SSSR count). The molecule has 2 heterocycles. The molecule has 0 atom stereocenters. The van der Waals surface area contributed by atoms with Gasteiger partial charge in [0.1, 0.15) is 18.1 Å². The van der Waals surface area contributed by atoms with E-state index in [1.165, 1.54) is 6.21 Å². The molecule has 0 aliphatic carbocycles. The number of fused-ring (bicyclic) bond motifs is 2. The number of hydrazone groups is 1. The molecule has 0 saturated carbocycles. The van der Waals surface area contributed by atoms with Crippen molar-refractivity contribution in [3.05, 3.63) is 105 Å². The largest absolute Gasteiger partial charge is 0.455 e. The highest BCUT2D eigenvalue weighted by Gasteiger charge is 2.12. The van der Waals surface area contributed by atoms with Gasteiger partial charge in [-0.05, 0) is 54.6 Å². The number of benzene rings is 3. The molecule has 0 saturated heterocycles. The number of aromatic nitrogens is 1. The summed E-state index contributed by atoms with van der Waals surface area (Å²) < 4.78 is 7.56. The minimum absolute atomic E-state index is 0.00861. The second-order valence-electron chi connectivity index (χ2n) is 7.57. The standard InChI is InChI=1S/C26H17Cl2N3O3/c27-20-11-9-16(13-21(20)28)24-12-10-17(34-24)14-29-30-25(32)15-31-22-7-3-1-5-18(22)26(33)19-6-2-4-8-23(19)31/h1-14H,15H2,(H,30,32). The number of carbonyl (C=O) groups excluding carboxylic acids is 1. The molecule has 3 aromatic carbocycles. The number of amides is 1. The number of carbonyl (C=O) groups is 1. The second kappa shape index (κ2) is 9.17. The van der Waals surface area contributed by atoms with Crippen molar-refractivity contribution in [1.82, 2.24) is 9.99 Å². The van der Waals surface area contributed by atoms with Crippen LogP contribution in [0.4, 0.5) is 0 Å². The third-order valence-electron chi connectivity index (χ3n) is 5.39. The van der Waals surface area contributed by atoms with E-state index in [4.69, 9.17) is 27.6 Å². The summed E-state index contributed by atoms with van der Waals surface area (Å²) in [5, 5.41) is 6.02. The van der Waals surface area contributed by atoms with Gasteiger partial charge in [0.2, 0.25) is 0 Å². The van der Waals surface area contributed by atoms with Gasteiger partial charge in [-0.2, -0.15) is 5.10 Å². The third-order valence-corrected chi connectivity index (χ3v) is 6.13. The van der Waals surface area contributed by atoms with Gasteiger partial charge in [0.15, 0.2) is 5.43 Å². The smallest absolute Gasteiger partial charge is 0.260 e. The van der Waals surface area contributed by atoms with Crippen LogP contribution in [-0.2, 0) is 11.3 Å². The van der Waals surface area contributed by atoms with Crippen LogP contribution in [0.2, 0.25) is 10.0 Å². The van der Waals surface area contributed by atoms with Gasteiger partial charge in [0.05, 0.1) is 27.3 Å². The first-order valence-corrected chi connectivity index (χ1v) is 11.1. The number of pyridine rings is 1. The molecule has 0 aliphatic heterocycles. The number of nitrogens with one attached hydrogen (secondary N) is 1. The Bertz CT molecular complexity index is 1580. The summed E-state index contributed by atoms with van der Waals surface area (Å²) in [6, 6.07) is 23.2. The molecule has 0 aliphatic rings. The fraction of sp³-hybridized carbons (Fsp3) is 0.0385. The first-order valence-electron chi connectivity index (χ1n) is 10.4. The van der Waals surface area contributed by atoms with Crippen LogP contribution < -0.4 is 10.9 Å². The average molecular weight is 490 g/mol. The molecule has 1 amide bonds. The first-order chi connectivity index (χ1) is 16.5. The minimum atomic E-state index is -0.341. The van der Waals surface area contributed by atoms with E-state index < -0.39 is 0 Å². The predicted octanol–water partition coefficient (Wildman–Crippen LogP) is 5.87. The van der Waals surface area contributed by atoms with E-state index in [1.54, 1.807) is 42.5 Å². The maximum absolute atomic E-state index is 12.8. The number of rotatable bonds is 5. The van der Waals surface area contributed by atoms with Crippen LogP contribution in [0.15, 0.2) is 93.2 Å². The third kappa shape index (κ3) is 4.21. The van der Waals surface area contributed by atoms with E-state index in [2.05, 4.69) is 10.5 Å². The topological polar surface area (TPSA) is 76.6 Å². The Morgan fingerprint density at radius 1 is 0.912 bits per heavy atom. The number of halogens is 2. The van der Waals surface area contributed by atoms with Crippen LogP contribution in [0.25, 0.3) is 33.1 Å². The number of hydrogen-bond acceptors (Lipinski definition) is 4. The maximum atomic E-state index is 12.8. The average Bonchev–Trinajstić information content (AvgIpc) is 3.32. The summed E-state index contributed by atoms with van der Waals surface area (Å²) in [4.78, 5) is 25.5. The number of hydrogen-bond donors (Lipinski definition) is 1. The van der Waals surface area contributed by atoms with E-state index in [-0.39, 0.29) is 17.9 Å². The monoisotopic (exact) mass is 489 g/mol. The van der Waals surface area contributed by atoms with Gasteiger partial charge in [-0.3, -0.25) is 9.59 Å². The summed E-state index contributed by atoms with van der Waals surface area (Å²) in [6.45, 7) is -0.00861. The molecule has 168 valence electrons. The zero-order valence-electron chi connectivity index (χ0n) is 17.7. The van der Waals surface area contributed by atoms with Crippen LogP contribution in [-0.4, -0.2) is 16.7 Å². The molecule has 0 radical (unpaired) electrons. The highest BCUT2D eigenvalue weighted by atomic mass is 35.5. The van der Waals surface area contributed by atoms with Crippen molar-refractivity contribution in [3.63, 3.8) is 0 Å². The lowest BCUT2D eigenvalue weighted by Crippen LogP contribution is -2.25. The van der Waals surface area contributed by atoms with E-state index in [1.807, 2.05) is 41.0 Å². The zero-order valence-corrected chi connectivity index (χ0v) is 19.2. The maximum Gasteiger partial charge on any atom is 0.260 e. The molecule has 2 aromatic heterocycles. The lowest BCUT2D eigenvalue weighted by molar-refractivity contribution is -0.121. The van der Waals surface area contributed by atoms with Gasteiger partial charge in [-0.25, -0.2) is 5.43 Å². The Morgan fingerprint density at radius 2 is 1.59 bits per heavy atom. The van der Waals surface area contributed by atoms with Crippen molar-refractivity contribution in [2.24, 2.45) is 5.10 Å². The van der Waals surface area contributed by atoms with Crippen LogP contribution in [0, 0.1) is 0 Å². The van der Waals surface area contributed by atoms with Crippen molar-refractivity contribution in [2.45, 2.75) is 6.54 Å². The SMILES string of the molecule is O=C(Cn1c2ccccc2c(=O)c2ccccc21)NN=Cc1ccc(-c2ccc(Cl)c(Cl)c2)o1.